The molecule has 1 heterocycles. The maximum absolute atomic E-state index is 5.66. The molecule has 1 heteroatoms. The van der Waals surface area contributed by atoms with E-state index in [0.29, 0.717) is 5.92 Å². The van der Waals surface area contributed by atoms with E-state index >= 15 is 0 Å². The average Bonchev–Trinajstić information content (AvgIpc) is 2.46. The van der Waals surface area contributed by atoms with E-state index in [0.717, 1.165) is 12.2 Å². The first kappa shape index (κ1) is 13.3. The maximum Gasteiger partial charge on any atom is 0.107 e. The largest absolute Gasteiger partial charge is 0.466 e. The van der Waals surface area contributed by atoms with Crippen molar-refractivity contribution in [1.29, 1.82) is 0 Å². The first-order valence-corrected chi connectivity index (χ1v) is 5.66. The van der Waals surface area contributed by atoms with E-state index in [1.54, 1.807) is 0 Å². The summed E-state index contributed by atoms with van der Waals surface area (Å²) < 4.78 is 5.66. The quantitative estimate of drug-likeness (QED) is 0.673. The van der Waals surface area contributed by atoms with Crippen LogP contribution in [-0.4, -0.2) is 0 Å². The van der Waals surface area contributed by atoms with E-state index in [-0.39, 0.29) is 0 Å². The summed E-state index contributed by atoms with van der Waals surface area (Å²) >= 11 is 0. The van der Waals surface area contributed by atoms with Gasteiger partial charge in [0.05, 0.1) is 0 Å². The van der Waals surface area contributed by atoms with Crippen LogP contribution in [0.5, 0.6) is 0 Å². The van der Waals surface area contributed by atoms with Gasteiger partial charge in [-0.25, -0.2) is 0 Å². The number of rotatable bonds is 2. The van der Waals surface area contributed by atoms with Crippen LogP contribution in [0.25, 0.3) is 0 Å². The summed E-state index contributed by atoms with van der Waals surface area (Å²) in [5, 5.41) is 0. The molecular weight excluding hydrogens is 172 g/mol. The van der Waals surface area contributed by atoms with Crippen LogP contribution in [0.1, 0.15) is 63.2 Å². The van der Waals surface area contributed by atoms with Crippen molar-refractivity contribution >= 4 is 0 Å². The third kappa shape index (κ3) is 2.63. The lowest BCUT2D eigenvalue weighted by Gasteiger charge is -2.05. The monoisotopic (exact) mass is 196 g/mol. The molecule has 0 bridgehead atoms. The molecule has 0 fully saturated rings. The molecule has 82 valence electrons. The van der Waals surface area contributed by atoms with Crippen molar-refractivity contribution in [2.45, 2.75) is 60.8 Å². The second-order valence-corrected chi connectivity index (χ2v) is 3.63. The topological polar surface area (TPSA) is 13.1 Å². The molecule has 0 spiro atoms. The second kappa shape index (κ2) is 5.90. The number of aryl methyl sites for hydroxylation is 2. The normalized spacial score (nSPS) is 10.0. The Morgan fingerprint density at radius 3 is 1.93 bits per heavy atom. The van der Waals surface area contributed by atoms with Crippen LogP contribution in [-0.2, 0) is 6.42 Å². The summed E-state index contributed by atoms with van der Waals surface area (Å²) in [6, 6.07) is 0. The highest BCUT2D eigenvalue weighted by molar-refractivity contribution is 5.34. The molecule has 1 rings (SSSR count). The van der Waals surface area contributed by atoms with Gasteiger partial charge in [0.15, 0.2) is 0 Å². The SMILES string of the molecule is CC.CCc1oc(C)c(C)c1C(C)C. The Hall–Kier alpha value is -0.720. The summed E-state index contributed by atoms with van der Waals surface area (Å²) in [7, 11) is 0. The summed E-state index contributed by atoms with van der Waals surface area (Å²) in [6.07, 6.45) is 1.00. The molecule has 0 aliphatic heterocycles. The van der Waals surface area contributed by atoms with Gasteiger partial charge in [0.1, 0.15) is 11.5 Å². The van der Waals surface area contributed by atoms with Gasteiger partial charge in [-0.15, -0.1) is 0 Å². The summed E-state index contributed by atoms with van der Waals surface area (Å²) in [5.41, 5.74) is 2.75. The summed E-state index contributed by atoms with van der Waals surface area (Å²) in [6.45, 7) is 14.8. The zero-order chi connectivity index (χ0) is 11.3. The van der Waals surface area contributed by atoms with Crippen molar-refractivity contribution in [3.8, 4) is 0 Å². The lowest BCUT2D eigenvalue weighted by atomic mass is 9.98. The smallest absolute Gasteiger partial charge is 0.107 e. The highest BCUT2D eigenvalue weighted by atomic mass is 16.3. The fraction of sp³-hybridized carbons (Fsp3) is 0.692. The van der Waals surface area contributed by atoms with E-state index in [1.807, 2.05) is 20.8 Å². The third-order valence-corrected chi connectivity index (χ3v) is 2.41. The Morgan fingerprint density at radius 2 is 1.64 bits per heavy atom. The summed E-state index contributed by atoms with van der Waals surface area (Å²) in [5.74, 6) is 2.83. The molecule has 14 heavy (non-hydrogen) atoms. The third-order valence-electron chi connectivity index (χ3n) is 2.41. The number of furan rings is 1. The Balaban J connectivity index is 0.000000791. The van der Waals surface area contributed by atoms with Gasteiger partial charge >= 0.3 is 0 Å². The van der Waals surface area contributed by atoms with Crippen molar-refractivity contribution in [2.24, 2.45) is 0 Å². The molecule has 0 saturated carbocycles. The van der Waals surface area contributed by atoms with Gasteiger partial charge in [-0.3, -0.25) is 0 Å². The van der Waals surface area contributed by atoms with Crippen molar-refractivity contribution < 1.29 is 4.42 Å². The average molecular weight is 196 g/mol. The minimum Gasteiger partial charge on any atom is -0.466 e. The molecule has 1 aromatic rings. The minimum absolute atomic E-state index is 0.581. The molecule has 0 saturated heterocycles. The standard InChI is InChI=1S/C11H18O.C2H6/c1-6-10-11(7(2)3)8(4)9(5)12-10;1-2/h7H,6H2,1-5H3;1-2H3. The fourth-order valence-electron chi connectivity index (χ4n) is 1.73. The van der Waals surface area contributed by atoms with Gasteiger partial charge < -0.3 is 4.42 Å². The predicted molar refractivity (Wildman–Crippen MR) is 63.0 cm³/mol. The molecule has 0 aromatic carbocycles. The first-order chi connectivity index (χ1) is 6.57. The van der Waals surface area contributed by atoms with Gasteiger partial charge in [0.25, 0.3) is 0 Å². The Bertz CT molecular complexity index is 269. The van der Waals surface area contributed by atoms with Gasteiger partial charge in [-0.1, -0.05) is 34.6 Å². The molecule has 0 radical (unpaired) electrons. The van der Waals surface area contributed by atoms with Crippen LogP contribution in [0.15, 0.2) is 4.42 Å². The second-order valence-electron chi connectivity index (χ2n) is 3.63. The highest BCUT2D eigenvalue weighted by Gasteiger charge is 2.15. The molecule has 0 unspecified atom stereocenters. The molecule has 0 aliphatic rings. The number of hydrogen-bond acceptors (Lipinski definition) is 1. The lowest BCUT2D eigenvalue weighted by Crippen LogP contribution is -1.92. The van der Waals surface area contributed by atoms with Gasteiger partial charge in [0.2, 0.25) is 0 Å². The van der Waals surface area contributed by atoms with Gasteiger partial charge in [-0.2, -0.15) is 0 Å². The molecule has 0 amide bonds. The van der Waals surface area contributed by atoms with Crippen molar-refractivity contribution in [3.63, 3.8) is 0 Å². The number of hydrogen-bond donors (Lipinski definition) is 0. The molecule has 1 nitrogen and oxygen atoms in total. The molecule has 0 N–H and O–H groups in total. The van der Waals surface area contributed by atoms with Crippen LogP contribution >= 0.6 is 0 Å². The molecular formula is C13H24O. The van der Waals surface area contributed by atoms with Crippen molar-refractivity contribution in [1.82, 2.24) is 0 Å². The van der Waals surface area contributed by atoms with Crippen LogP contribution in [0.2, 0.25) is 0 Å². The molecule has 0 aliphatic carbocycles. The highest BCUT2D eigenvalue weighted by Crippen LogP contribution is 2.28. The van der Waals surface area contributed by atoms with E-state index in [4.69, 9.17) is 4.42 Å². The van der Waals surface area contributed by atoms with Crippen LogP contribution in [0.4, 0.5) is 0 Å². The maximum atomic E-state index is 5.66. The predicted octanol–water partition coefficient (Wildman–Crippen LogP) is 4.61. The zero-order valence-corrected chi connectivity index (χ0v) is 10.7. The zero-order valence-electron chi connectivity index (χ0n) is 10.7. The van der Waals surface area contributed by atoms with Crippen molar-refractivity contribution in [3.05, 3.63) is 22.6 Å². The van der Waals surface area contributed by atoms with Crippen LogP contribution in [0.3, 0.4) is 0 Å². The molecule has 0 atom stereocenters. The van der Waals surface area contributed by atoms with E-state index < -0.39 is 0 Å². The fourth-order valence-corrected chi connectivity index (χ4v) is 1.73. The summed E-state index contributed by atoms with van der Waals surface area (Å²) in [4.78, 5) is 0. The van der Waals surface area contributed by atoms with Crippen LogP contribution < -0.4 is 0 Å². The van der Waals surface area contributed by atoms with Crippen molar-refractivity contribution in [2.75, 3.05) is 0 Å². The van der Waals surface area contributed by atoms with E-state index in [1.165, 1.54) is 16.9 Å². The Morgan fingerprint density at radius 1 is 1.14 bits per heavy atom. The Kier molecular flexibility index (Phi) is 5.59. The Labute approximate surface area is 88.5 Å². The van der Waals surface area contributed by atoms with E-state index in [9.17, 15) is 0 Å². The molecule has 1 aromatic heterocycles. The van der Waals surface area contributed by atoms with E-state index in [2.05, 4.69) is 27.7 Å². The van der Waals surface area contributed by atoms with Crippen LogP contribution in [0, 0.1) is 13.8 Å². The lowest BCUT2D eigenvalue weighted by molar-refractivity contribution is 0.482. The van der Waals surface area contributed by atoms with Gasteiger partial charge in [0, 0.05) is 6.42 Å². The van der Waals surface area contributed by atoms with Gasteiger partial charge in [-0.05, 0) is 30.9 Å². The minimum atomic E-state index is 0.581. The first-order valence-electron chi connectivity index (χ1n) is 5.66.